The lowest BCUT2D eigenvalue weighted by Crippen LogP contribution is -2.64. The third kappa shape index (κ3) is 15.4. The van der Waals surface area contributed by atoms with Crippen molar-refractivity contribution in [2.24, 2.45) is 0 Å². The average molecular weight is 1070 g/mol. The molecule has 412 valence electrons. The van der Waals surface area contributed by atoms with Gasteiger partial charge >= 0.3 is 65.7 Å². The van der Waals surface area contributed by atoms with Gasteiger partial charge in [0.25, 0.3) is 0 Å². The van der Waals surface area contributed by atoms with E-state index in [2.05, 4.69) is 0 Å². The maximum absolute atomic E-state index is 13.2. The lowest BCUT2D eigenvalue weighted by Gasteiger charge is -2.46. The second-order valence-electron chi connectivity index (χ2n) is 16.8. The van der Waals surface area contributed by atoms with Gasteiger partial charge in [0.2, 0.25) is 12.4 Å². The predicted molar refractivity (Wildman–Crippen MR) is 244 cm³/mol. The van der Waals surface area contributed by atoms with Crippen LogP contribution in [0.5, 0.6) is 28.7 Å². The van der Waals surface area contributed by atoms with E-state index in [4.69, 9.17) is 75.8 Å². The van der Waals surface area contributed by atoms with Crippen molar-refractivity contribution in [3.05, 3.63) is 47.2 Å². The molecule has 0 saturated carbocycles. The molecule has 2 aromatic rings. The first-order valence-corrected chi connectivity index (χ1v) is 22.9. The highest BCUT2D eigenvalue weighted by atomic mass is 16.8. The number of carbonyl (C=O) groups is 11. The van der Waals surface area contributed by atoms with Crippen molar-refractivity contribution < 1.29 is 129 Å². The fourth-order valence-corrected chi connectivity index (χ4v) is 8.02. The van der Waals surface area contributed by atoms with Crippen molar-refractivity contribution in [3.63, 3.8) is 0 Å². The van der Waals surface area contributed by atoms with E-state index in [0.29, 0.717) is 0 Å². The van der Waals surface area contributed by atoms with Crippen LogP contribution in [0, 0.1) is 0 Å². The summed E-state index contributed by atoms with van der Waals surface area (Å²) in [4.78, 5) is 139. The molecule has 0 radical (unpaired) electrons. The fourth-order valence-electron chi connectivity index (χ4n) is 8.02. The largest absolute Gasteiger partial charge is 0.457 e. The summed E-state index contributed by atoms with van der Waals surface area (Å²) in [5, 5.41) is 0. The summed E-state index contributed by atoms with van der Waals surface area (Å²) in [5.74, 6) is -12.9. The highest BCUT2D eigenvalue weighted by Crippen LogP contribution is 2.51. The first-order chi connectivity index (χ1) is 35.6. The maximum Gasteiger partial charge on any atom is 0.308 e. The summed E-state index contributed by atoms with van der Waals surface area (Å²) in [6.45, 7) is 11.8. The van der Waals surface area contributed by atoms with Crippen LogP contribution in [0.15, 0.2) is 36.1 Å². The smallest absolute Gasteiger partial charge is 0.308 e. The number of fused-ring (bicyclic) bond motifs is 1. The minimum Gasteiger partial charge on any atom is -0.457 e. The van der Waals surface area contributed by atoms with Gasteiger partial charge in [-0.15, -0.1) is 0 Å². The summed E-state index contributed by atoms with van der Waals surface area (Å²) in [7, 11) is 0. The van der Waals surface area contributed by atoms with Crippen LogP contribution in [-0.4, -0.2) is 134 Å². The van der Waals surface area contributed by atoms with Gasteiger partial charge in [-0.25, -0.2) is 0 Å². The summed E-state index contributed by atoms with van der Waals surface area (Å²) >= 11 is 0. The molecule has 2 saturated heterocycles. The third-order valence-electron chi connectivity index (χ3n) is 10.3. The number of hydrogen-bond acceptors (Lipinski definition) is 27. The second-order valence-corrected chi connectivity index (χ2v) is 16.8. The lowest BCUT2D eigenvalue weighted by molar-refractivity contribution is -0.329. The average Bonchev–Trinajstić information content (AvgIpc) is 3.26. The molecular weight excluding hydrogens is 1020 g/mol. The zero-order valence-electron chi connectivity index (χ0n) is 43.0. The molecule has 5 rings (SSSR count). The number of carbonyl (C=O) groups excluding carboxylic acids is 11. The van der Waals surface area contributed by atoms with E-state index in [-0.39, 0.29) is 34.1 Å². The Morgan fingerprint density at radius 1 is 0.447 bits per heavy atom. The van der Waals surface area contributed by atoms with Gasteiger partial charge in [0.1, 0.15) is 23.4 Å². The monoisotopic (exact) mass is 1070 g/mol. The van der Waals surface area contributed by atoms with Gasteiger partial charge in [-0.05, 0) is 25.1 Å². The van der Waals surface area contributed by atoms with Gasteiger partial charge in [0.05, 0.1) is 18.3 Å². The van der Waals surface area contributed by atoms with Crippen molar-refractivity contribution in [1.82, 2.24) is 0 Å². The van der Waals surface area contributed by atoms with E-state index in [1.165, 1.54) is 19.1 Å². The Labute approximate surface area is 432 Å². The van der Waals surface area contributed by atoms with Crippen LogP contribution in [0.25, 0.3) is 5.76 Å². The van der Waals surface area contributed by atoms with E-state index in [1.54, 1.807) is 0 Å². The van der Waals surface area contributed by atoms with Crippen LogP contribution in [0.3, 0.4) is 0 Å². The zero-order chi connectivity index (χ0) is 56.5. The van der Waals surface area contributed by atoms with E-state index in [0.717, 1.165) is 94.4 Å². The number of benzene rings is 2. The van der Waals surface area contributed by atoms with Crippen LogP contribution < -0.4 is 23.7 Å². The topological polar surface area (TPSA) is 335 Å². The van der Waals surface area contributed by atoms with E-state index in [1.807, 2.05) is 0 Å². The second kappa shape index (κ2) is 25.4. The molecule has 3 aliphatic heterocycles. The zero-order valence-corrected chi connectivity index (χ0v) is 43.0. The number of hydrogen-bond donors (Lipinski definition) is 0. The summed E-state index contributed by atoms with van der Waals surface area (Å²) < 4.78 is 92.4. The Morgan fingerprint density at radius 3 is 1.43 bits per heavy atom. The molecular formula is C49H54O27. The van der Waals surface area contributed by atoms with E-state index < -0.39 is 157 Å². The van der Waals surface area contributed by atoms with Crippen molar-refractivity contribution in [3.8, 4) is 28.7 Å². The van der Waals surface area contributed by atoms with Crippen LogP contribution in [0.4, 0.5) is 0 Å². The first kappa shape index (κ1) is 58.7. The quantitative estimate of drug-likeness (QED) is 0.125. The maximum atomic E-state index is 13.2. The van der Waals surface area contributed by atoms with Crippen molar-refractivity contribution in [2.45, 2.75) is 151 Å². The van der Waals surface area contributed by atoms with E-state index in [9.17, 15) is 52.7 Å². The van der Waals surface area contributed by atoms with Crippen molar-refractivity contribution in [1.29, 1.82) is 0 Å². The molecule has 2 fully saturated rings. The Balaban J connectivity index is 1.78. The lowest BCUT2D eigenvalue weighted by atomic mass is 9.96. The third-order valence-corrected chi connectivity index (χ3v) is 10.3. The molecule has 27 heteroatoms. The molecule has 3 heterocycles. The Hall–Kier alpha value is -8.17. The number of esters is 11. The van der Waals surface area contributed by atoms with Gasteiger partial charge in [-0.1, -0.05) is 0 Å². The molecule has 3 aliphatic rings. The number of ether oxygens (including phenoxy) is 16. The Kier molecular flexibility index (Phi) is 19.6. The summed E-state index contributed by atoms with van der Waals surface area (Å²) in [6, 6.07) is 5.83. The molecule has 76 heavy (non-hydrogen) atoms. The van der Waals surface area contributed by atoms with Crippen LogP contribution >= 0.6 is 0 Å². The molecule has 0 N–H and O–H groups in total. The molecule has 0 aliphatic carbocycles. The van der Waals surface area contributed by atoms with Crippen molar-refractivity contribution in [2.75, 3.05) is 6.61 Å². The molecule has 0 spiro atoms. The highest BCUT2D eigenvalue weighted by Gasteiger charge is 2.56. The van der Waals surface area contributed by atoms with Crippen LogP contribution in [-0.2, 0) is 105 Å². The molecule has 1 unspecified atom stereocenters. The van der Waals surface area contributed by atoms with Crippen molar-refractivity contribution >= 4 is 71.4 Å². The normalized spacial score (nSPS) is 24.6. The highest BCUT2D eigenvalue weighted by molar-refractivity contribution is 5.80. The van der Waals surface area contributed by atoms with Gasteiger partial charge in [-0.2, -0.15) is 0 Å². The van der Waals surface area contributed by atoms with Crippen LogP contribution in [0.1, 0.15) is 100 Å². The molecule has 11 atom stereocenters. The Morgan fingerprint density at radius 2 is 0.908 bits per heavy atom. The van der Waals surface area contributed by atoms with E-state index >= 15 is 0 Å². The minimum absolute atomic E-state index is 0.125. The van der Waals surface area contributed by atoms with Gasteiger partial charge in [0, 0.05) is 93.9 Å². The number of rotatable bonds is 17. The molecule has 2 aromatic carbocycles. The SMILES string of the molecule is CC(=O)Oc1cc(OC(C)=O)c2c(c1)OC(c1ccc(OC(C)=O)c(OC(C)=O)c1)=C(O[C@@H]1O[C@H](CO[C@@H]3O[C@@H](C)[C@H](OC(C)=O)[C@@H](OC(C)=O)[C@H]3OC(C)=O)[C@@H](OC(C)=O)[C@H](OC(C)=O)[C@H]1OC(C)=O)C2OC(C)=O. The Bertz CT molecular complexity index is 2670. The van der Waals surface area contributed by atoms with Gasteiger partial charge in [0.15, 0.2) is 65.9 Å². The summed E-state index contributed by atoms with van der Waals surface area (Å²) in [6.07, 6.45) is -18.8. The standard InChI is InChI=1S/C49H54O27/c1-19-39(67-24(6)54)43(70-27(9)57)46(72-29(11)59)48(62-19)61-18-37-41(68-25(7)55)45(71-28(10)58)47(73-30(12)60)49(75-37)76-44-40(31-13-14-33(64-21(3)51)34(15-31)65-22(4)52)74-36-17-32(63-20(2)50)16-35(66-23(5)53)38(36)42(44)69-26(8)56/h13-17,19,37,39,41-43,45-49H,18H2,1-12H3/t19-,37+,39-,41+,42?,43+,45-,46+,47+,48+,49-/m0/s1. The van der Waals surface area contributed by atoms with Crippen LogP contribution in [0.2, 0.25) is 0 Å². The molecule has 0 aromatic heterocycles. The van der Waals surface area contributed by atoms with Gasteiger partial charge < -0.3 is 75.8 Å². The molecule has 27 nitrogen and oxygen atoms in total. The first-order valence-electron chi connectivity index (χ1n) is 22.9. The molecule has 0 bridgehead atoms. The fraction of sp³-hybridized carbons (Fsp3) is 0.490. The van der Waals surface area contributed by atoms with Gasteiger partial charge in [-0.3, -0.25) is 52.7 Å². The predicted octanol–water partition coefficient (Wildman–Crippen LogP) is 2.85. The summed E-state index contributed by atoms with van der Waals surface area (Å²) in [5.41, 5.74) is -0.402. The minimum atomic E-state index is -2.12. The molecule has 0 amide bonds.